The van der Waals surface area contributed by atoms with Crippen molar-refractivity contribution in [1.29, 1.82) is 0 Å². The van der Waals surface area contributed by atoms with Crippen molar-refractivity contribution in [2.24, 2.45) is 4.40 Å². The molecule has 0 aliphatic rings. The topological polar surface area (TPSA) is 82.7 Å². The first-order valence-electron chi connectivity index (χ1n) is 2.62. The van der Waals surface area contributed by atoms with Gasteiger partial charge in [0.2, 0.25) is 10.3 Å². The first-order chi connectivity index (χ1) is 5.08. The Morgan fingerprint density at radius 1 is 1.58 bits per heavy atom. The van der Waals surface area contributed by atoms with Crippen molar-refractivity contribution in [3.63, 3.8) is 0 Å². The monoisotopic (exact) mass is 213 g/mol. The zero-order valence-electron chi connectivity index (χ0n) is 6.30. The summed E-state index contributed by atoms with van der Waals surface area (Å²) in [5, 5.41) is 0. The molecule has 0 unspecified atom stereocenters. The van der Waals surface area contributed by atoms with E-state index in [2.05, 4.69) is 8.81 Å². The third kappa shape index (κ3) is 5.20. The van der Waals surface area contributed by atoms with Gasteiger partial charge in [-0.15, -0.1) is 0 Å². The van der Waals surface area contributed by atoms with E-state index in [9.17, 15) is 13.0 Å². The van der Waals surface area contributed by atoms with Crippen molar-refractivity contribution in [2.45, 2.75) is 0 Å². The summed E-state index contributed by atoms with van der Waals surface area (Å²) in [6, 6.07) is 3.04. The van der Waals surface area contributed by atoms with E-state index in [1.54, 1.807) is 6.07 Å². The Morgan fingerprint density at radius 2 is 2.25 bits per heavy atom. The van der Waals surface area contributed by atoms with Gasteiger partial charge in [0.1, 0.15) is 5.76 Å². The quantitative estimate of drug-likeness (QED) is 0.301. The summed E-state index contributed by atoms with van der Waals surface area (Å²) in [4.78, 5) is 0. The summed E-state index contributed by atoms with van der Waals surface area (Å²) in [6.07, 6.45) is 2.20. The van der Waals surface area contributed by atoms with Crippen molar-refractivity contribution in [3.05, 3.63) is 24.2 Å². The fourth-order valence-electron chi connectivity index (χ4n) is 0.481. The van der Waals surface area contributed by atoms with E-state index in [1.165, 1.54) is 12.3 Å². The number of hydrogen-bond acceptors (Lipinski definition) is 4. The molecular weight excluding hydrogens is 209 g/mol. The van der Waals surface area contributed by atoms with Crippen LogP contribution in [0.5, 0.6) is 0 Å². The molecule has 1 aromatic heterocycles. The van der Waals surface area contributed by atoms with Gasteiger partial charge in [0, 0.05) is 0 Å². The van der Waals surface area contributed by atoms with Gasteiger partial charge in [-0.25, -0.2) is 8.42 Å². The van der Waals surface area contributed by atoms with E-state index >= 15 is 0 Å². The Labute approximate surface area is 112 Å². The Morgan fingerprint density at radius 3 is 2.67 bits per heavy atom. The maximum absolute atomic E-state index is 9.93. The predicted molar refractivity (Wildman–Crippen MR) is 36.0 cm³/mol. The Bertz CT molecular complexity index is 342. The van der Waals surface area contributed by atoms with Crippen LogP contribution in [0, 0.1) is 0 Å². The van der Waals surface area contributed by atoms with Gasteiger partial charge in [-0.2, -0.15) is 4.40 Å². The molecule has 0 radical (unpaired) electrons. The minimum absolute atomic E-state index is 0. The largest absolute Gasteiger partial charge is 1.00 e. The third-order valence-electron chi connectivity index (χ3n) is 0.852. The minimum Gasteiger partial charge on any atom is -0.730 e. The van der Waals surface area contributed by atoms with E-state index in [4.69, 9.17) is 0 Å². The van der Waals surface area contributed by atoms with Gasteiger partial charge in [0.05, 0.1) is 12.5 Å². The standard InChI is InChI=1S/C5H5NO4S.K/c7-11(8,9)6-4-5-2-1-3-10-5;/h1-4H,(H,7,8,9);/q;+1/p-1. The van der Waals surface area contributed by atoms with Crippen molar-refractivity contribution < 1.29 is 68.8 Å². The second kappa shape index (κ2) is 5.27. The summed E-state index contributed by atoms with van der Waals surface area (Å²) < 4.78 is 37.2. The molecule has 5 nitrogen and oxygen atoms in total. The van der Waals surface area contributed by atoms with Gasteiger partial charge in [-0.3, -0.25) is 0 Å². The van der Waals surface area contributed by atoms with Crippen LogP contribution in [-0.4, -0.2) is 19.2 Å². The van der Waals surface area contributed by atoms with Crippen LogP contribution < -0.4 is 51.4 Å². The molecule has 12 heavy (non-hydrogen) atoms. The predicted octanol–water partition coefficient (Wildman–Crippen LogP) is -2.84. The molecule has 0 aliphatic carbocycles. The fraction of sp³-hybridized carbons (Fsp3) is 0. The molecule has 0 amide bonds. The molecule has 0 atom stereocenters. The Kier molecular flexibility index (Phi) is 5.49. The number of furan rings is 1. The van der Waals surface area contributed by atoms with Gasteiger partial charge in [-0.05, 0) is 12.1 Å². The molecule has 1 aromatic rings. The molecule has 1 heterocycles. The van der Waals surface area contributed by atoms with Gasteiger partial charge in [-0.1, -0.05) is 0 Å². The molecule has 0 spiro atoms. The first-order valence-corrected chi connectivity index (χ1v) is 3.99. The SMILES string of the molecule is O=S(=O)([O-])N=Cc1ccco1.[K+]. The van der Waals surface area contributed by atoms with Crippen LogP contribution in [0.1, 0.15) is 5.76 Å². The van der Waals surface area contributed by atoms with Crippen LogP contribution in [-0.2, 0) is 10.3 Å². The van der Waals surface area contributed by atoms with Crippen molar-refractivity contribution in [2.75, 3.05) is 0 Å². The van der Waals surface area contributed by atoms with Crippen LogP contribution >= 0.6 is 0 Å². The molecule has 0 saturated carbocycles. The average Bonchev–Trinajstić information content (AvgIpc) is 2.32. The zero-order valence-corrected chi connectivity index (χ0v) is 10.2. The van der Waals surface area contributed by atoms with Crippen LogP contribution in [0.25, 0.3) is 0 Å². The van der Waals surface area contributed by atoms with Crippen molar-refractivity contribution in [1.82, 2.24) is 0 Å². The van der Waals surface area contributed by atoms with E-state index < -0.39 is 10.3 Å². The molecule has 7 heteroatoms. The Balaban J connectivity index is 0.00000121. The maximum Gasteiger partial charge on any atom is 1.00 e. The second-order valence-electron chi connectivity index (χ2n) is 1.68. The van der Waals surface area contributed by atoms with Gasteiger partial charge < -0.3 is 8.97 Å². The molecule has 1 rings (SSSR count). The number of rotatable bonds is 2. The van der Waals surface area contributed by atoms with Crippen LogP contribution in [0.2, 0.25) is 0 Å². The number of nitrogens with zero attached hydrogens (tertiary/aromatic N) is 1. The summed E-state index contributed by atoms with van der Waals surface area (Å²) >= 11 is 0. The molecule has 0 fully saturated rings. The van der Waals surface area contributed by atoms with Crippen LogP contribution in [0.4, 0.5) is 0 Å². The minimum atomic E-state index is -4.54. The molecule has 0 saturated heterocycles. The smallest absolute Gasteiger partial charge is 0.730 e. The van der Waals surface area contributed by atoms with Gasteiger partial charge >= 0.3 is 51.4 Å². The molecule has 0 aromatic carbocycles. The van der Waals surface area contributed by atoms with Crippen molar-refractivity contribution in [3.8, 4) is 0 Å². The van der Waals surface area contributed by atoms with E-state index in [0.717, 1.165) is 6.21 Å². The summed E-state index contributed by atoms with van der Waals surface area (Å²) in [6.45, 7) is 0. The maximum atomic E-state index is 9.93. The molecule has 0 aliphatic heterocycles. The first kappa shape index (κ1) is 12.5. The average molecular weight is 213 g/mol. The summed E-state index contributed by atoms with van der Waals surface area (Å²) in [5.41, 5.74) is 0. The van der Waals surface area contributed by atoms with E-state index in [-0.39, 0.29) is 57.1 Å². The molecule has 0 bridgehead atoms. The second-order valence-corrected chi connectivity index (χ2v) is 2.74. The Hall–Kier alpha value is 0.496. The van der Waals surface area contributed by atoms with Gasteiger partial charge in [0.15, 0.2) is 0 Å². The van der Waals surface area contributed by atoms with Crippen LogP contribution in [0.15, 0.2) is 27.2 Å². The molecule has 60 valence electrons. The zero-order chi connectivity index (χ0) is 8.32. The summed E-state index contributed by atoms with van der Waals surface area (Å²) in [5.74, 6) is 0.226. The molecular formula is C5H4KNO4S. The van der Waals surface area contributed by atoms with E-state index in [1.807, 2.05) is 0 Å². The van der Waals surface area contributed by atoms with E-state index in [0.29, 0.717) is 0 Å². The van der Waals surface area contributed by atoms with Gasteiger partial charge in [0.25, 0.3) is 0 Å². The number of hydrogen-bond donors (Lipinski definition) is 0. The van der Waals surface area contributed by atoms with Crippen LogP contribution in [0.3, 0.4) is 0 Å². The fourth-order valence-corrected chi connectivity index (χ4v) is 0.714. The summed E-state index contributed by atoms with van der Waals surface area (Å²) in [7, 11) is -4.54. The van der Waals surface area contributed by atoms with Crippen molar-refractivity contribution >= 4 is 16.5 Å². The molecule has 0 N–H and O–H groups in total. The third-order valence-corrected chi connectivity index (χ3v) is 1.22. The normalized spacial score (nSPS) is 11.4.